The number of nitrogens with one attached hydrogen (secondary N) is 1. The average Bonchev–Trinajstić information content (AvgIpc) is 2.46. The lowest BCUT2D eigenvalue weighted by Gasteiger charge is -2.32. The number of sulfonamides is 1. The van der Waals surface area contributed by atoms with E-state index in [0.717, 1.165) is 0 Å². The summed E-state index contributed by atoms with van der Waals surface area (Å²) < 4.78 is 37.1. The quantitative estimate of drug-likeness (QED) is 0.892. The third-order valence-corrected chi connectivity index (χ3v) is 5.41. The van der Waals surface area contributed by atoms with Crippen molar-refractivity contribution in [2.45, 2.75) is 17.9 Å². The predicted molar refractivity (Wildman–Crippen MR) is 83.0 cm³/mol. The molecular formula is C13H21ClN2O4S. The highest BCUT2D eigenvalue weighted by atomic mass is 35.5. The highest BCUT2D eigenvalue weighted by Gasteiger charge is 2.31. The zero-order valence-corrected chi connectivity index (χ0v) is 14.0. The first-order valence-electron chi connectivity index (χ1n) is 6.45. The zero-order chi connectivity index (χ0) is 14.8. The normalized spacial score (nSPS) is 19.7. The molecule has 1 aromatic rings. The van der Waals surface area contributed by atoms with E-state index in [0.29, 0.717) is 31.1 Å². The Morgan fingerprint density at radius 3 is 2.48 bits per heavy atom. The third-order valence-electron chi connectivity index (χ3n) is 3.40. The standard InChI is InChI=1S/C13H20N2O4S.ClH/c1-10-9-14-6-7-15(10)20(16,17)11-4-5-12(18-2)13(8-11)19-3;/h4-5,8,10,14H,6-7,9H2,1-3H3;1H. The molecule has 1 unspecified atom stereocenters. The molecule has 2 rings (SSSR count). The molecule has 1 aromatic carbocycles. The van der Waals surface area contributed by atoms with E-state index < -0.39 is 10.0 Å². The lowest BCUT2D eigenvalue weighted by molar-refractivity contribution is 0.283. The fraction of sp³-hybridized carbons (Fsp3) is 0.538. The van der Waals surface area contributed by atoms with Crippen LogP contribution in [0.1, 0.15) is 6.92 Å². The number of ether oxygens (including phenoxy) is 2. The molecule has 0 spiro atoms. The number of piperazine rings is 1. The highest BCUT2D eigenvalue weighted by molar-refractivity contribution is 7.89. The lowest BCUT2D eigenvalue weighted by Crippen LogP contribution is -2.52. The molecule has 1 N–H and O–H groups in total. The van der Waals surface area contributed by atoms with E-state index in [4.69, 9.17) is 9.47 Å². The molecule has 0 radical (unpaired) electrons. The fourth-order valence-corrected chi connectivity index (χ4v) is 3.94. The van der Waals surface area contributed by atoms with Crippen molar-refractivity contribution in [3.8, 4) is 11.5 Å². The van der Waals surface area contributed by atoms with Crippen molar-refractivity contribution in [3.05, 3.63) is 18.2 Å². The first-order valence-corrected chi connectivity index (χ1v) is 7.89. The van der Waals surface area contributed by atoms with Gasteiger partial charge in [0.25, 0.3) is 0 Å². The Labute approximate surface area is 131 Å². The summed E-state index contributed by atoms with van der Waals surface area (Å²) in [6.07, 6.45) is 0. The van der Waals surface area contributed by atoms with Gasteiger partial charge in [0.15, 0.2) is 11.5 Å². The molecular weight excluding hydrogens is 316 g/mol. The number of nitrogens with zero attached hydrogens (tertiary/aromatic N) is 1. The maximum absolute atomic E-state index is 12.7. The number of rotatable bonds is 4. The van der Waals surface area contributed by atoms with Gasteiger partial charge in [0.1, 0.15) is 0 Å². The van der Waals surface area contributed by atoms with Gasteiger partial charge >= 0.3 is 0 Å². The van der Waals surface area contributed by atoms with Crippen molar-refractivity contribution >= 4 is 22.4 Å². The minimum Gasteiger partial charge on any atom is -0.493 e. The second-order valence-electron chi connectivity index (χ2n) is 4.69. The first kappa shape index (κ1) is 18.0. The van der Waals surface area contributed by atoms with Crippen LogP contribution in [0.5, 0.6) is 11.5 Å². The first-order chi connectivity index (χ1) is 9.50. The van der Waals surface area contributed by atoms with Crippen LogP contribution >= 0.6 is 12.4 Å². The molecule has 1 atom stereocenters. The maximum Gasteiger partial charge on any atom is 0.243 e. The van der Waals surface area contributed by atoms with Crippen LogP contribution in [-0.2, 0) is 10.0 Å². The van der Waals surface area contributed by atoms with Crippen LogP contribution in [0.15, 0.2) is 23.1 Å². The van der Waals surface area contributed by atoms with Gasteiger partial charge in [0.2, 0.25) is 10.0 Å². The summed E-state index contributed by atoms with van der Waals surface area (Å²) in [6.45, 7) is 3.69. The number of hydrogen-bond acceptors (Lipinski definition) is 5. The van der Waals surface area contributed by atoms with Gasteiger partial charge in [-0.2, -0.15) is 4.31 Å². The Balaban J connectivity index is 0.00000220. The molecule has 0 saturated carbocycles. The molecule has 120 valence electrons. The van der Waals surface area contributed by atoms with E-state index >= 15 is 0 Å². The largest absolute Gasteiger partial charge is 0.493 e. The van der Waals surface area contributed by atoms with E-state index in [1.54, 1.807) is 12.1 Å². The van der Waals surface area contributed by atoms with Gasteiger partial charge in [-0.15, -0.1) is 12.4 Å². The van der Waals surface area contributed by atoms with Crippen molar-refractivity contribution in [2.24, 2.45) is 0 Å². The van der Waals surface area contributed by atoms with E-state index in [-0.39, 0.29) is 23.3 Å². The Morgan fingerprint density at radius 1 is 1.24 bits per heavy atom. The number of halogens is 1. The minimum atomic E-state index is -3.51. The van der Waals surface area contributed by atoms with Gasteiger partial charge in [0, 0.05) is 31.7 Å². The topological polar surface area (TPSA) is 67.9 Å². The molecule has 0 amide bonds. The summed E-state index contributed by atoms with van der Waals surface area (Å²) in [4.78, 5) is 0.226. The van der Waals surface area contributed by atoms with Crippen LogP contribution in [0.2, 0.25) is 0 Å². The molecule has 0 aliphatic carbocycles. The molecule has 21 heavy (non-hydrogen) atoms. The van der Waals surface area contributed by atoms with E-state index in [9.17, 15) is 8.42 Å². The van der Waals surface area contributed by atoms with Crippen molar-refractivity contribution in [1.29, 1.82) is 0 Å². The van der Waals surface area contributed by atoms with Crippen molar-refractivity contribution < 1.29 is 17.9 Å². The Morgan fingerprint density at radius 2 is 1.90 bits per heavy atom. The molecule has 1 fully saturated rings. The second-order valence-corrected chi connectivity index (χ2v) is 6.58. The summed E-state index contributed by atoms with van der Waals surface area (Å²) in [5.74, 6) is 0.927. The maximum atomic E-state index is 12.7. The summed E-state index contributed by atoms with van der Waals surface area (Å²) in [6, 6.07) is 4.59. The fourth-order valence-electron chi connectivity index (χ4n) is 2.29. The number of benzene rings is 1. The van der Waals surface area contributed by atoms with Crippen LogP contribution in [0.3, 0.4) is 0 Å². The Kier molecular flexibility index (Phi) is 6.27. The Bertz CT molecular complexity index is 580. The molecule has 1 aliphatic rings. The van der Waals surface area contributed by atoms with Crippen LogP contribution < -0.4 is 14.8 Å². The molecule has 1 heterocycles. The number of hydrogen-bond donors (Lipinski definition) is 1. The van der Waals surface area contributed by atoms with E-state index in [1.807, 2.05) is 6.92 Å². The second kappa shape index (κ2) is 7.31. The lowest BCUT2D eigenvalue weighted by atomic mass is 10.3. The zero-order valence-electron chi connectivity index (χ0n) is 12.3. The monoisotopic (exact) mass is 336 g/mol. The van der Waals surface area contributed by atoms with Crippen LogP contribution in [0.4, 0.5) is 0 Å². The van der Waals surface area contributed by atoms with Gasteiger partial charge in [0.05, 0.1) is 19.1 Å². The number of methoxy groups -OCH3 is 2. The summed E-state index contributed by atoms with van der Waals surface area (Å²) in [5, 5.41) is 3.18. The van der Waals surface area contributed by atoms with E-state index in [1.165, 1.54) is 24.6 Å². The van der Waals surface area contributed by atoms with E-state index in [2.05, 4.69) is 5.32 Å². The minimum absolute atomic E-state index is 0. The molecule has 1 saturated heterocycles. The summed E-state index contributed by atoms with van der Waals surface area (Å²) in [7, 11) is -0.505. The van der Waals surface area contributed by atoms with Crippen LogP contribution in [0, 0.1) is 0 Å². The molecule has 0 bridgehead atoms. The summed E-state index contributed by atoms with van der Waals surface area (Å²) in [5.41, 5.74) is 0. The smallest absolute Gasteiger partial charge is 0.243 e. The van der Waals surface area contributed by atoms with Gasteiger partial charge in [-0.1, -0.05) is 0 Å². The summed E-state index contributed by atoms with van der Waals surface area (Å²) >= 11 is 0. The average molecular weight is 337 g/mol. The van der Waals surface area contributed by atoms with Crippen molar-refractivity contribution in [1.82, 2.24) is 9.62 Å². The highest BCUT2D eigenvalue weighted by Crippen LogP contribution is 2.31. The molecule has 8 heteroatoms. The van der Waals surface area contributed by atoms with Gasteiger partial charge in [-0.05, 0) is 19.1 Å². The van der Waals surface area contributed by atoms with Crippen LogP contribution in [-0.4, -0.2) is 52.6 Å². The SMILES string of the molecule is COc1ccc(S(=O)(=O)N2CCNCC2C)cc1OC.Cl. The van der Waals surface area contributed by atoms with Gasteiger partial charge in [-0.25, -0.2) is 8.42 Å². The molecule has 0 aromatic heterocycles. The Hall–Kier alpha value is -1.02. The predicted octanol–water partition coefficient (Wildman–Crippen LogP) is 1.11. The molecule has 6 nitrogen and oxygen atoms in total. The van der Waals surface area contributed by atoms with Crippen LogP contribution in [0.25, 0.3) is 0 Å². The van der Waals surface area contributed by atoms with Gasteiger partial charge in [-0.3, -0.25) is 0 Å². The van der Waals surface area contributed by atoms with Crippen molar-refractivity contribution in [3.63, 3.8) is 0 Å². The molecule has 1 aliphatic heterocycles. The van der Waals surface area contributed by atoms with Crippen molar-refractivity contribution in [2.75, 3.05) is 33.9 Å². The van der Waals surface area contributed by atoms with Gasteiger partial charge < -0.3 is 14.8 Å². The third kappa shape index (κ3) is 3.60.